The summed E-state index contributed by atoms with van der Waals surface area (Å²) in [6.07, 6.45) is 0. The van der Waals surface area contributed by atoms with Crippen LogP contribution in [0.2, 0.25) is 0 Å². The van der Waals surface area contributed by atoms with Crippen LogP contribution in [0.15, 0.2) is 9.59 Å². The molecule has 0 saturated carbocycles. The minimum atomic E-state index is -0.575. The lowest BCUT2D eigenvalue weighted by Crippen LogP contribution is -2.46. The normalized spacial score (nSPS) is 14.0. The zero-order valence-electron chi connectivity index (χ0n) is 9.06. The minimum Gasteiger partial charge on any atom is -0.332 e. The molecule has 0 aromatic carbocycles. The standard InChI is InChI=1S/C9H12N4O3/c1-5(14)12-3-6-7(4-12)11(2)9(16)13(10)8(6)15/h3-4,10H2,1-2H3. The number of nitrogens with two attached hydrogens (primary N) is 1. The minimum absolute atomic E-state index is 0.133. The Kier molecular flexibility index (Phi) is 2.11. The SMILES string of the molecule is CC(=O)N1Cc2c(n(C)c(=O)n(N)c2=O)C1. The second-order valence-electron chi connectivity index (χ2n) is 3.82. The number of aromatic nitrogens is 2. The lowest BCUT2D eigenvalue weighted by Gasteiger charge is -2.11. The Bertz CT molecular complexity index is 584. The number of carbonyl (C=O) groups excluding carboxylic acids is 1. The molecule has 16 heavy (non-hydrogen) atoms. The summed E-state index contributed by atoms with van der Waals surface area (Å²) < 4.78 is 1.88. The van der Waals surface area contributed by atoms with E-state index in [1.807, 2.05) is 0 Å². The van der Waals surface area contributed by atoms with Crippen LogP contribution >= 0.6 is 0 Å². The highest BCUT2D eigenvalue weighted by Crippen LogP contribution is 2.17. The van der Waals surface area contributed by atoms with E-state index in [0.29, 0.717) is 15.9 Å². The molecule has 2 N–H and O–H groups in total. The first-order valence-corrected chi connectivity index (χ1v) is 4.78. The number of fused-ring (bicyclic) bond motifs is 1. The fraction of sp³-hybridized carbons (Fsp3) is 0.444. The summed E-state index contributed by atoms with van der Waals surface area (Å²) in [7, 11) is 1.54. The van der Waals surface area contributed by atoms with Gasteiger partial charge in [-0.25, -0.2) is 4.79 Å². The molecule has 1 aromatic rings. The molecule has 7 nitrogen and oxygen atoms in total. The zero-order valence-corrected chi connectivity index (χ0v) is 9.06. The van der Waals surface area contributed by atoms with Crippen molar-refractivity contribution in [1.29, 1.82) is 0 Å². The third kappa shape index (κ3) is 1.24. The third-order valence-corrected chi connectivity index (χ3v) is 2.86. The van der Waals surface area contributed by atoms with Crippen molar-refractivity contribution in [2.24, 2.45) is 7.05 Å². The molecule has 0 aliphatic carbocycles. The number of nitrogens with zero attached hydrogens (tertiary/aromatic N) is 3. The summed E-state index contributed by atoms with van der Waals surface area (Å²) >= 11 is 0. The maximum absolute atomic E-state index is 11.7. The molecule has 0 unspecified atom stereocenters. The number of carbonyl (C=O) groups is 1. The topological polar surface area (TPSA) is 90.3 Å². The molecule has 0 spiro atoms. The largest absolute Gasteiger partial charge is 0.349 e. The fourth-order valence-corrected chi connectivity index (χ4v) is 1.85. The van der Waals surface area contributed by atoms with Gasteiger partial charge in [-0.3, -0.25) is 14.2 Å². The molecule has 0 fully saturated rings. The molecule has 86 valence electrons. The van der Waals surface area contributed by atoms with Gasteiger partial charge in [-0.2, -0.15) is 4.68 Å². The number of rotatable bonds is 0. The Balaban J connectivity index is 2.67. The number of amides is 1. The average molecular weight is 224 g/mol. The highest BCUT2D eigenvalue weighted by molar-refractivity contribution is 5.73. The highest BCUT2D eigenvalue weighted by Gasteiger charge is 2.27. The van der Waals surface area contributed by atoms with Crippen molar-refractivity contribution in [2.45, 2.75) is 20.0 Å². The van der Waals surface area contributed by atoms with E-state index in [0.717, 1.165) is 0 Å². The van der Waals surface area contributed by atoms with Gasteiger partial charge in [0.25, 0.3) is 5.56 Å². The monoisotopic (exact) mass is 224 g/mol. The fourth-order valence-electron chi connectivity index (χ4n) is 1.85. The third-order valence-electron chi connectivity index (χ3n) is 2.86. The maximum atomic E-state index is 11.7. The van der Waals surface area contributed by atoms with Crippen molar-refractivity contribution in [1.82, 2.24) is 14.1 Å². The summed E-state index contributed by atoms with van der Waals surface area (Å²) in [5, 5.41) is 0. The van der Waals surface area contributed by atoms with Crippen LogP contribution in [0.4, 0.5) is 0 Å². The van der Waals surface area contributed by atoms with E-state index < -0.39 is 11.2 Å². The smallest absolute Gasteiger partial charge is 0.332 e. The molecule has 7 heteroatoms. The second kappa shape index (κ2) is 3.22. The molecule has 0 saturated heterocycles. The van der Waals surface area contributed by atoms with Crippen LogP contribution in [0.3, 0.4) is 0 Å². The van der Waals surface area contributed by atoms with Gasteiger partial charge in [-0.15, -0.1) is 0 Å². The number of nitrogen functional groups attached to an aromatic ring is 1. The van der Waals surface area contributed by atoms with Gasteiger partial charge >= 0.3 is 5.69 Å². The number of hydrogen-bond donors (Lipinski definition) is 1. The second-order valence-corrected chi connectivity index (χ2v) is 3.82. The van der Waals surface area contributed by atoms with Crippen molar-refractivity contribution in [3.8, 4) is 0 Å². The van der Waals surface area contributed by atoms with Gasteiger partial charge in [0.1, 0.15) is 0 Å². The van der Waals surface area contributed by atoms with E-state index in [1.165, 1.54) is 23.4 Å². The van der Waals surface area contributed by atoms with Crippen molar-refractivity contribution in [2.75, 3.05) is 5.84 Å². The van der Waals surface area contributed by atoms with Crippen LogP contribution in [0.25, 0.3) is 0 Å². The van der Waals surface area contributed by atoms with E-state index in [4.69, 9.17) is 5.84 Å². The summed E-state index contributed by atoms with van der Waals surface area (Å²) in [6, 6.07) is 0. The Hall–Kier alpha value is -2.05. The Morgan fingerprint density at radius 2 is 1.94 bits per heavy atom. The predicted molar refractivity (Wildman–Crippen MR) is 56.0 cm³/mol. The molecule has 0 radical (unpaired) electrons. The first kappa shape index (κ1) is 10.5. The molecular weight excluding hydrogens is 212 g/mol. The van der Waals surface area contributed by atoms with Gasteiger partial charge in [0.15, 0.2) is 0 Å². The van der Waals surface area contributed by atoms with Gasteiger partial charge in [-0.1, -0.05) is 0 Å². The van der Waals surface area contributed by atoms with Crippen molar-refractivity contribution in [3.63, 3.8) is 0 Å². The van der Waals surface area contributed by atoms with Crippen LogP contribution in [0.1, 0.15) is 18.2 Å². The van der Waals surface area contributed by atoms with E-state index in [-0.39, 0.29) is 19.0 Å². The van der Waals surface area contributed by atoms with Crippen LogP contribution < -0.4 is 17.1 Å². The lowest BCUT2D eigenvalue weighted by atomic mass is 10.3. The molecule has 0 bridgehead atoms. The van der Waals surface area contributed by atoms with E-state index in [9.17, 15) is 14.4 Å². The summed E-state index contributed by atoms with van der Waals surface area (Å²) in [6.45, 7) is 1.92. The Morgan fingerprint density at radius 3 is 2.50 bits per heavy atom. The van der Waals surface area contributed by atoms with Crippen molar-refractivity contribution < 1.29 is 4.79 Å². The molecule has 2 rings (SSSR count). The van der Waals surface area contributed by atoms with Gasteiger partial charge in [0, 0.05) is 14.0 Å². The van der Waals surface area contributed by atoms with Crippen LogP contribution in [-0.2, 0) is 24.9 Å². The van der Waals surface area contributed by atoms with Crippen LogP contribution in [0.5, 0.6) is 0 Å². The van der Waals surface area contributed by atoms with Gasteiger partial charge < -0.3 is 10.7 Å². The lowest BCUT2D eigenvalue weighted by molar-refractivity contribution is -0.129. The quantitative estimate of drug-likeness (QED) is 0.522. The van der Waals surface area contributed by atoms with Crippen LogP contribution in [-0.4, -0.2) is 20.1 Å². The Morgan fingerprint density at radius 1 is 1.31 bits per heavy atom. The summed E-state index contributed by atoms with van der Waals surface area (Å²) in [5.41, 5.74) is -0.122. The predicted octanol–water partition coefficient (Wildman–Crippen LogP) is -1.88. The molecule has 1 aliphatic heterocycles. The van der Waals surface area contributed by atoms with E-state index in [2.05, 4.69) is 0 Å². The first-order chi connectivity index (χ1) is 7.43. The highest BCUT2D eigenvalue weighted by atomic mass is 16.2. The van der Waals surface area contributed by atoms with Gasteiger partial charge in [-0.05, 0) is 0 Å². The van der Waals surface area contributed by atoms with Crippen molar-refractivity contribution in [3.05, 3.63) is 32.1 Å². The molecule has 1 amide bonds. The zero-order chi connectivity index (χ0) is 12.0. The first-order valence-electron chi connectivity index (χ1n) is 4.78. The van der Waals surface area contributed by atoms with Gasteiger partial charge in [0.2, 0.25) is 5.91 Å². The number of hydrogen-bond acceptors (Lipinski definition) is 4. The molecule has 1 aromatic heterocycles. The van der Waals surface area contributed by atoms with Crippen LogP contribution in [0, 0.1) is 0 Å². The molecular formula is C9H12N4O3. The van der Waals surface area contributed by atoms with Crippen molar-refractivity contribution >= 4 is 5.91 Å². The van der Waals surface area contributed by atoms with Gasteiger partial charge in [0.05, 0.1) is 24.3 Å². The van der Waals surface area contributed by atoms with E-state index >= 15 is 0 Å². The Labute approximate surface area is 90.7 Å². The summed E-state index contributed by atoms with van der Waals surface area (Å²) in [4.78, 5) is 35.9. The maximum Gasteiger partial charge on any atom is 0.349 e. The van der Waals surface area contributed by atoms with E-state index in [1.54, 1.807) is 0 Å². The molecule has 0 atom stereocenters. The molecule has 1 aliphatic rings. The summed E-state index contributed by atoms with van der Waals surface area (Å²) in [5.74, 6) is 5.21. The molecule has 2 heterocycles. The average Bonchev–Trinajstić information content (AvgIpc) is 2.68.